The van der Waals surface area contributed by atoms with Gasteiger partial charge in [0.05, 0.1) is 14.2 Å². The van der Waals surface area contributed by atoms with Crippen LogP contribution < -0.4 is 9.47 Å². The molecule has 10 heteroatoms. The third-order valence-corrected chi connectivity index (χ3v) is 7.94. The quantitative estimate of drug-likeness (QED) is 0.169. The van der Waals surface area contributed by atoms with Gasteiger partial charge in [-0.15, -0.1) is 0 Å². The van der Waals surface area contributed by atoms with E-state index < -0.39 is 32.8 Å². The van der Waals surface area contributed by atoms with Crippen LogP contribution in [-0.2, 0) is 9.59 Å². The number of nitrogens with zero attached hydrogens (tertiary/aromatic N) is 2. The number of nitriles is 2. The molecule has 0 spiro atoms. The summed E-state index contributed by atoms with van der Waals surface area (Å²) in [5, 5.41) is 18.3. The third kappa shape index (κ3) is 7.16. The molecule has 8 nitrogen and oxygen atoms in total. The van der Waals surface area contributed by atoms with Gasteiger partial charge >= 0.3 is 0 Å². The molecule has 0 fully saturated rings. The van der Waals surface area contributed by atoms with Crippen LogP contribution in [0.3, 0.4) is 0 Å². The van der Waals surface area contributed by atoms with Crippen LogP contribution in [0.25, 0.3) is 44.6 Å². The number of ketones is 2. The van der Waals surface area contributed by atoms with Gasteiger partial charge in [0.1, 0.15) is 67.5 Å². The lowest BCUT2D eigenvalue weighted by Gasteiger charge is -2.08. The molecule has 0 N–H and O–H groups in total. The minimum Gasteiger partial charge on any atom is -0.497 e. The summed E-state index contributed by atoms with van der Waals surface area (Å²) in [6, 6.07) is 38.7. The van der Waals surface area contributed by atoms with Crippen molar-refractivity contribution in [3.05, 3.63) is 130 Å². The van der Waals surface area contributed by atoms with Crippen molar-refractivity contribution in [1.82, 2.24) is 0 Å². The van der Waals surface area contributed by atoms with Crippen LogP contribution in [0, 0.1) is 22.7 Å². The molecule has 236 valence electrons. The Labute approximate surface area is 285 Å². The predicted molar refractivity (Wildman–Crippen MR) is 183 cm³/mol. The lowest BCUT2D eigenvalue weighted by molar-refractivity contribution is -0.115. The lowest BCUT2D eigenvalue weighted by Crippen LogP contribution is -2.18. The molecular weight excluding hydrogens is 651 g/mol. The topological polar surface area (TPSA) is 126 Å². The van der Waals surface area contributed by atoms with Crippen LogP contribution in [0.4, 0.5) is 0 Å². The Hall–Kier alpha value is -6.06. The van der Waals surface area contributed by atoms with Gasteiger partial charge in [-0.05, 0) is 72.8 Å². The van der Waals surface area contributed by atoms with E-state index in [0.29, 0.717) is 0 Å². The number of ether oxygens (including phenoxy) is 2. The van der Waals surface area contributed by atoms with Gasteiger partial charge in [0.2, 0.25) is 11.6 Å². The molecule has 0 bridgehead atoms. The first-order valence-corrected chi connectivity index (χ1v) is 15.0. The highest BCUT2D eigenvalue weighted by molar-refractivity contribution is 6.59. The number of benzene rings is 4. The monoisotopic (exact) mass is 674 g/mol. The van der Waals surface area contributed by atoms with E-state index >= 15 is 0 Å². The number of hydrogen-bond acceptors (Lipinski definition) is 8. The Morgan fingerprint density at radius 2 is 0.917 bits per heavy atom. The fourth-order valence-corrected chi connectivity index (χ4v) is 4.98. The van der Waals surface area contributed by atoms with E-state index in [-0.39, 0.29) is 0 Å². The normalized spacial score (nSPS) is 12.5. The van der Waals surface area contributed by atoms with Crippen LogP contribution in [0.15, 0.2) is 139 Å². The van der Waals surface area contributed by atoms with Gasteiger partial charge in [-0.3, -0.25) is 9.59 Å². The molecule has 2 heterocycles. The van der Waals surface area contributed by atoms with Crippen LogP contribution in [0.5, 0.6) is 11.5 Å². The number of fused-ring (bicyclic) bond motifs is 2. The van der Waals surface area contributed by atoms with Gasteiger partial charge in [-0.2, -0.15) is 10.5 Å². The maximum Gasteiger partial charge on any atom is 0.218 e. The summed E-state index contributed by atoms with van der Waals surface area (Å²) in [6.07, 6.45) is 0. The molecule has 6 aromatic rings. The van der Waals surface area contributed by atoms with Crippen LogP contribution in [0.2, 0.25) is 0 Å². The van der Waals surface area contributed by atoms with E-state index in [1.54, 1.807) is 14.2 Å². The van der Waals surface area contributed by atoms with Gasteiger partial charge in [0.15, 0.2) is 0 Å². The number of Topliss-reactive ketones (excluding diaryl/α,β-unsaturated/α-hetero) is 2. The molecule has 0 saturated heterocycles. The molecule has 0 atom stereocenters. The molecule has 2 aromatic heterocycles. The highest BCUT2D eigenvalue weighted by atomic mass is 35.5. The van der Waals surface area contributed by atoms with Gasteiger partial charge in [0, 0.05) is 21.9 Å². The van der Waals surface area contributed by atoms with Crippen molar-refractivity contribution in [2.75, 3.05) is 14.2 Å². The van der Waals surface area contributed by atoms with Crippen LogP contribution in [-0.4, -0.2) is 25.8 Å². The lowest BCUT2D eigenvalue weighted by atomic mass is 9.96. The van der Waals surface area contributed by atoms with Crippen molar-refractivity contribution in [2.45, 2.75) is 0 Å². The number of para-hydroxylation sites is 2. The molecule has 0 unspecified atom stereocenters. The van der Waals surface area contributed by atoms with E-state index in [1.165, 1.54) is 12.1 Å². The van der Waals surface area contributed by atoms with E-state index in [9.17, 15) is 9.59 Å². The zero-order valence-electron chi connectivity index (χ0n) is 25.5. The van der Waals surface area contributed by atoms with Crippen molar-refractivity contribution in [3.8, 4) is 46.3 Å². The Morgan fingerprint density at radius 3 is 1.23 bits per heavy atom. The largest absolute Gasteiger partial charge is 0.497 e. The summed E-state index contributed by atoms with van der Waals surface area (Å²) in [5.41, 5.74) is 2.82. The molecule has 0 amide bonds. The molecular formula is C38H24Cl2N2O6. The van der Waals surface area contributed by atoms with E-state index in [1.807, 2.05) is 97.1 Å². The number of hydrogen-bond donors (Lipinski definition) is 0. The number of allylic oxidation sites excluding steroid dienone is 4. The predicted octanol–water partition coefficient (Wildman–Crippen LogP) is 9.39. The minimum absolute atomic E-state index is 0.521. The summed E-state index contributed by atoms with van der Waals surface area (Å²) in [4.78, 5) is 22.4. The Bertz CT molecular complexity index is 2060. The summed E-state index contributed by atoms with van der Waals surface area (Å²) in [6.45, 7) is 0. The number of carbonyl (C=O) groups is 2. The maximum absolute atomic E-state index is 11.2. The maximum atomic E-state index is 11.2. The van der Waals surface area contributed by atoms with Crippen molar-refractivity contribution in [3.63, 3.8) is 0 Å². The van der Waals surface area contributed by atoms with Crippen LogP contribution >= 0.6 is 23.2 Å². The molecule has 0 aliphatic heterocycles. The summed E-state index contributed by atoms with van der Waals surface area (Å²) >= 11 is 10.8. The molecule has 48 heavy (non-hydrogen) atoms. The zero-order valence-corrected chi connectivity index (χ0v) is 27.0. The average molecular weight is 676 g/mol. The second-order valence-electron chi connectivity index (χ2n) is 10.0. The number of furan rings is 2. The highest BCUT2D eigenvalue weighted by Gasteiger charge is 2.33. The summed E-state index contributed by atoms with van der Waals surface area (Å²) in [7, 11) is 3.33. The van der Waals surface area contributed by atoms with E-state index in [4.69, 9.17) is 52.0 Å². The number of rotatable bonds is 4. The van der Waals surface area contributed by atoms with Gasteiger partial charge < -0.3 is 18.3 Å². The number of carbonyl (C=O) groups excluding carboxylic acids is 2. The molecule has 0 saturated carbocycles. The van der Waals surface area contributed by atoms with Gasteiger partial charge in [0.25, 0.3) is 0 Å². The fourth-order valence-electron chi connectivity index (χ4n) is 4.62. The van der Waals surface area contributed by atoms with E-state index in [2.05, 4.69) is 12.1 Å². The first-order valence-electron chi connectivity index (χ1n) is 14.2. The second-order valence-corrected chi connectivity index (χ2v) is 10.8. The smallest absolute Gasteiger partial charge is 0.218 e. The molecule has 1 aliphatic rings. The fraction of sp³-hybridized carbons (Fsp3) is 0.0526. The van der Waals surface area contributed by atoms with Gasteiger partial charge in [-0.1, -0.05) is 59.6 Å². The molecule has 1 aliphatic carbocycles. The molecule has 7 rings (SSSR count). The van der Waals surface area contributed by atoms with Crippen molar-refractivity contribution < 1.29 is 27.9 Å². The van der Waals surface area contributed by atoms with Crippen LogP contribution in [0.1, 0.15) is 0 Å². The van der Waals surface area contributed by atoms with Crippen molar-refractivity contribution in [2.24, 2.45) is 0 Å². The second kappa shape index (κ2) is 15.0. The average Bonchev–Trinajstić information content (AvgIpc) is 3.78. The van der Waals surface area contributed by atoms with E-state index in [0.717, 1.165) is 56.1 Å². The summed E-state index contributed by atoms with van der Waals surface area (Å²) in [5.74, 6) is 1.68. The van der Waals surface area contributed by atoms with Crippen molar-refractivity contribution >= 4 is 56.7 Å². The first-order chi connectivity index (χ1) is 23.3. The summed E-state index contributed by atoms with van der Waals surface area (Å²) < 4.78 is 21.8. The standard InChI is InChI=1S/2C15H12O2.C8Cl2N2O2/c2*1-16-13-8-6-11(7-9-13)15-10-12-4-2-3-5-14(12)17-15;9-5-6(10)8(14)4(2-12)3(1-11)7(5)13/h2*2-10H,1H3;. The Kier molecular flexibility index (Phi) is 10.4. The SMILES string of the molecule is COc1ccc(-c2cc3ccccc3o2)cc1.COc1ccc(-c2cc3ccccc3o2)cc1.N#CC1=C(C#N)C(=O)C(Cl)=C(Cl)C1=O. The van der Waals surface area contributed by atoms with Gasteiger partial charge in [-0.25, -0.2) is 0 Å². The zero-order chi connectivity index (χ0) is 34.2. The molecule has 0 radical (unpaired) electrons. The number of halogens is 2. The first kappa shape index (κ1) is 33.3. The van der Waals surface area contributed by atoms with Crippen molar-refractivity contribution in [1.29, 1.82) is 10.5 Å². The Balaban J connectivity index is 0.000000142. The third-order valence-electron chi connectivity index (χ3n) is 7.12. The Morgan fingerprint density at radius 1 is 0.562 bits per heavy atom. The molecule has 4 aromatic carbocycles. The number of methoxy groups -OCH3 is 2. The minimum atomic E-state index is -0.893. The highest BCUT2D eigenvalue weighted by Crippen LogP contribution is 2.31.